The van der Waals surface area contributed by atoms with Gasteiger partial charge in [-0.05, 0) is 57.2 Å². The first-order chi connectivity index (χ1) is 12.7. The van der Waals surface area contributed by atoms with E-state index >= 15 is 0 Å². The molecule has 0 aromatic heterocycles. The summed E-state index contributed by atoms with van der Waals surface area (Å²) in [6.45, 7) is 7.91. The summed E-state index contributed by atoms with van der Waals surface area (Å²) in [6.07, 6.45) is 8.21. The van der Waals surface area contributed by atoms with Gasteiger partial charge < -0.3 is 9.47 Å². The molecule has 1 atom stereocenters. The maximum atomic E-state index is 12.1. The van der Waals surface area contributed by atoms with Crippen molar-refractivity contribution in [3.05, 3.63) is 35.4 Å². The zero-order chi connectivity index (χ0) is 20.3. The highest BCUT2D eigenvalue weighted by Crippen LogP contribution is 2.23. The summed E-state index contributed by atoms with van der Waals surface area (Å²) in [5.41, 5.74) is 1.32. The summed E-state index contributed by atoms with van der Waals surface area (Å²) in [7, 11) is 1.39. The van der Waals surface area contributed by atoms with E-state index in [1.54, 1.807) is 0 Å². The molecule has 27 heavy (non-hydrogen) atoms. The van der Waals surface area contributed by atoms with E-state index < -0.39 is 5.60 Å². The van der Waals surface area contributed by atoms with Gasteiger partial charge in [-0.2, -0.15) is 0 Å². The number of hydrogen-bond donors (Lipinski definition) is 0. The molecule has 0 amide bonds. The van der Waals surface area contributed by atoms with E-state index in [1.807, 2.05) is 45.0 Å². The van der Waals surface area contributed by atoms with Gasteiger partial charge in [0.05, 0.1) is 12.7 Å². The fourth-order valence-electron chi connectivity index (χ4n) is 3.15. The van der Waals surface area contributed by atoms with E-state index in [9.17, 15) is 9.59 Å². The maximum absolute atomic E-state index is 12.1. The average molecular weight is 377 g/mol. The van der Waals surface area contributed by atoms with Crippen LogP contribution in [0.15, 0.2) is 24.3 Å². The molecule has 152 valence electrons. The van der Waals surface area contributed by atoms with Gasteiger partial charge in [-0.25, -0.2) is 4.79 Å². The molecule has 0 aliphatic heterocycles. The molecule has 0 heterocycles. The van der Waals surface area contributed by atoms with Gasteiger partial charge in [0.25, 0.3) is 0 Å². The molecule has 1 rings (SSSR count). The van der Waals surface area contributed by atoms with Crippen LogP contribution in [0.3, 0.4) is 0 Å². The van der Waals surface area contributed by atoms with Crippen LogP contribution in [0.2, 0.25) is 0 Å². The molecule has 0 aliphatic rings. The summed E-state index contributed by atoms with van der Waals surface area (Å²) in [5.74, 6) is 0.00281. The molecular weight excluding hydrogens is 340 g/mol. The predicted octanol–water partition coefficient (Wildman–Crippen LogP) is 5.72. The van der Waals surface area contributed by atoms with Crippen molar-refractivity contribution in [2.75, 3.05) is 7.11 Å². The fourth-order valence-corrected chi connectivity index (χ4v) is 3.15. The lowest BCUT2D eigenvalue weighted by Crippen LogP contribution is -2.24. The first kappa shape index (κ1) is 23.2. The molecule has 1 aromatic carbocycles. The monoisotopic (exact) mass is 376 g/mol. The van der Waals surface area contributed by atoms with Crippen molar-refractivity contribution in [3.63, 3.8) is 0 Å². The van der Waals surface area contributed by atoms with Gasteiger partial charge in [-0.1, -0.05) is 51.2 Å². The molecule has 0 radical (unpaired) electrons. The number of benzene rings is 1. The topological polar surface area (TPSA) is 52.6 Å². The molecule has 1 aromatic rings. The van der Waals surface area contributed by atoms with Crippen molar-refractivity contribution in [3.8, 4) is 0 Å². The third-order valence-corrected chi connectivity index (χ3v) is 4.54. The molecule has 0 spiro atoms. The Morgan fingerprint density at radius 2 is 1.67 bits per heavy atom. The molecule has 0 aliphatic carbocycles. The molecular formula is C23H36O4. The summed E-state index contributed by atoms with van der Waals surface area (Å²) in [6, 6.07) is 7.59. The van der Waals surface area contributed by atoms with Gasteiger partial charge in [0.2, 0.25) is 0 Å². The number of methoxy groups -OCH3 is 1. The number of unbranched alkanes of at least 4 members (excludes halogenated alkanes) is 3. The van der Waals surface area contributed by atoms with Crippen molar-refractivity contribution >= 4 is 11.9 Å². The zero-order valence-corrected chi connectivity index (χ0v) is 17.7. The molecule has 0 fully saturated rings. The second kappa shape index (κ2) is 11.8. The van der Waals surface area contributed by atoms with Gasteiger partial charge >= 0.3 is 11.9 Å². The minimum absolute atomic E-state index is 0.123. The third kappa shape index (κ3) is 10.2. The predicted molar refractivity (Wildman–Crippen MR) is 109 cm³/mol. The van der Waals surface area contributed by atoms with E-state index in [4.69, 9.17) is 9.47 Å². The van der Waals surface area contributed by atoms with E-state index in [2.05, 4.69) is 6.92 Å². The number of carbonyl (C=O) groups is 2. The second-order valence-electron chi connectivity index (χ2n) is 8.23. The summed E-state index contributed by atoms with van der Waals surface area (Å²) < 4.78 is 10.2. The first-order valence-electron chi connectivity index (χ1n) is 10.1. The van der Waals surface area contributed by atoms with Gasteiger partial charge in [-0.15, -0.1) is 0 Å². The van der Waals surface area contributed by atoms with Crippen LogP contribution in [0.25, 0.3) is 0 Å². The van der Waals surface area contributed by atoms with Crippen molar-refractivity contribution < 1.29 is 19.1 Å². The number of esters is 2. The molecule has 0 bridgehead atoms. The van der Waals surface area contributed by atoms with Crippen LogP contribution < -0.4 is 0 Å². The fraction of sp³-hybridized carbons (Fsp3) is 0.652. The number of hydrogen-bond acceptors (Lipinski definition) is 4. The van der Waals surface area contributed by atoms with Crippen molar-refractivity contribution in [2.45, 2.75) is 84.7 Å². The van der Waals surface area contributed by atoms with Crippen LogP contribution in [-0.4, -0.2) is 24.6 Å². The molecule has 0 saturated carbocycles. The Morgan fingerprint density at radius 3 is 2.22 bits per heavy atom. The van der Waals surface area contributed by atoms with Crippen LogP contribution in [0, 0.1) is 5.92 Å². The molecule has 0 saturated heterocycles. The molecule has 4 nitrogen and oxygen atoms in total. The highest BCUT2D eigenvalue weighted by atomic mass is 16.6. The standard InChI is InChI=1S/C23H36O4/c1-6-7-8-9-10-18(13-16-21(24)27-23(2,3)4)17-19-11-14-20(15-12-19)22(25)26-5/h11-12,14-15,18H,6-10,13,16-17H2,1-5H3. The van der Waals surface area contributed by atoms with Crippen molar-refractivity contribution in [2.24, 2.45) is 5.92 Å². The van der Waals surface area contributed by atoms with Crippen LogP contribution >= 0.6 is 0 Å². The minimum Gasteiger partial charge on any atom is -0.465 e. The van der Waals surface area contributed by atoms with E-state index in [0.29, 0.717) is 17.9 Å². The molecule has 1 unspecified atom stereocenters. The third-order valence-electron chi connectivity index (χ3n) is 4.54. The number of carbonyl (C=O) groups excluding carboxylic acids is 2. The van der Waals surface area contributed by atoms with Gasteiger partial charge in [-0.3, -0.25) is 4.79 Å². The van der Waals surface area contributed by atoms with E-state index in [1.165, 1.54) is 38.4 Å². The van der Waals surface area contributed by atoms with Gasteiger partial charge in [0, 0.05) is 6.42 Å². The Kier molecular flexibility index (Phi) is 10.1. The Hall–Kier alpha value is -1.84. The normalized spacial score (nSPS) is 12.5. The largest absolute Gasteiger partial charge is 0.465 e. The second-order valence-corrected chi connectivity index (χ2v) is 8.23. The summed E-state index contributed by atoms with van der Waals surface area (Å²) in [4.78, 5) is 23.6. The lowest BCUT2D eigenvalue weighted by molar-refractivity contribution is -0.155. The lowest BCUT2D eigenvalue weighted by atomic mass is 9.89. The Bertz CT molecular complexity index is 569. The Balaban J connectivity index is 2.64. The highest BCUT2D eigenvalue weighted by molar-refractivity contribution is 5.89. The number of rotatable bonds is 11. The summed E-state index contributed by atoms with van der Waals surface area (Å²) >= 11 is 0. The molecule has 0 N–H and O–H groups in total. The minimum atomic E-state index is -0.433. The first-order valence-corrected chi connectivity index (χ1v) is 10.1. The Labute approximate surface area is 164 Å². The SMILES string of the molecule is CCCCCCC(CCC(=O)OC(C)(C)C)Cc1ccc(C(=O)OC)cc1. The van der Waals surface area contributed by atoms with Crippen LogP contribution in [-0.2, 0) is 20.7 Å². The number of ether oxygens (including phenoxy) is 2. The van der Waals surface area contributed by atoms with E-state index in [-0.39, 0.29) is 11.9 Å². The quantitative estimate of drug-likeness (QED) is 0.366. The smallest absolute Gasteiger partial charge is 0.337 e. The van der Waals surface area contributed by atoms with E-state index in [0.717, 1.165) is 19.3 Å². The van der Waals surface area contributed by atoms with Crippen LogP contribution in [0.5, 0.6) is 0 Å². The van der Waals surface area contributed by atoms with Crippen LogP contribution in [0.4, 0.5) is 0 Å². The van der Waals surface area contributed by atoms with Crippen molar-refractivity contribution in [1.29, 1.82) is 0 Å². The maximum Gasteiger partial charge on any atom is 0.337 e. The van der Waals surface area contributed by atoms with Gasteiger partial charge in [0.15, 0.2) is 0 Å². The lowest BCUT2D eigenvalue weighted by Gasteiger charge is -2.21. The van der Waals surface area contributed by atoms with Gasteiger partial charge in [0.1, 0.15) is 5.60 Å². The zero-order valence-electron chi connectivity index (χ0n) is 17.7. The average Bonchev–Trinajstić information content (AvgIpc) is 2.61. The summed E-state index contributed by atoms with van der Waals surface area (Å²) in [5, 5.41) is 0. The molecule has 4 heteroatoms. The highest BCUT2D eigenvalue weighted by Gasteiger charge is 2.18. The van der Waals surface area contributed by atoms with Crippen molar-refractivity contribution in [1.82, 2.24) is 0 Å². The van der Waals surface area contributed by atoms with Crippen LogP contribution in [0.1, 0.15) is 88.6 Å². The Morgan fingerprint density at radius 1 is 1.00 bits per heavy atom.